The SMILES string of the molecule is CC(CO)(CO)[N-]S(=O)(=O)c1cc(Cl)c(Cl)cc1Cl. The topological polar surface area (TPSA) is 88.7 Å². The van der Waals surface area contributed by atoms with Gasteiger partial charge in [-0.15, -0.1) is 0 Å². The van der Waals surface area contributed by atoms with E-state index in [4.69, 9.17) is 45.0 Å². The molecule has 0 fully saturated rings. The predicted molar refractivity (Wildman–Crippen MR) is 74.6 cm³/mol. The van der Waals surface area contributed by atoms with Crippen molar-refractivity contribution in [3.63, 3.8) is 0 Å². The molecule has 0 amide bonds. The highest BCUT2D eigenvalue weighted by atomic mass is 35.5. The molecule has 0 saturated carbocycles. The maximum atomic E-state index is 12.1. The summed E-state index contributed by atoms with van der Waals surface area (Å²) < 4.78 is 27.6. The summed E-state index contributed by atoms with van der Waals surface area (Å²) in [6.45, 7) is 0.0132. The average molecular weight is 348 g/mol. The monoisotopic (exact) mass is 346 g/mol. The fourth-order valence-corrected chi connectivity index (χ4v) is 3.42. The lowest BCUT2D eigenvalue weighted by Crippen LogP contribution is -2.35. The van der Waals surface area contributed by atoms with Crippen LogP contribution in [0.5, 0.6) is 0 Å². The highest BCUT2D eigenvalue weighted by Gasteiger charge is 2.20. The number of hydrogen-bond acceptors (Lipinski definition) is 4. The molecular weight excluding hydrogens is 337 g/mol. The predicted octanol–water partition coefficient (Wildman–Crippen LogP) is 2.45. The minimum atomic E-state index is -4.18. The van der Waals surface area contributed by atoms with Gasteiger partial charge in [-0.1, -0.05) is 47.3 Å². The Bertz CT molecular complexity index is 572. The van der Waals surface area contributed by atoms with E-state index in [1.165, 1.54) is 13.0 Å². The number of benzene rings is 1. The number of halogens is 3. The van der Waals surface area contributed by atoms with Crippen LogP contribution >= 0.6 is 34.8 Å². The number of hydrogen-bond donors (Lipinski definition) is 2. The molecule has 0 bridgehead atoms. The second kappa shape index (κ2) is 6.13. The third-order valence-corrected chi connectivity index (χ3v) is 5.00. The van der Waals surface area contributed by atoms with Gasteiger partial charge in [0.15, 0.2) is 0 Å². The van der Waals surface area contributed by atoms with Gasteiger partial charge in [0.1, 0.15) is 10.0 Å². The first-order chi connectivity index (χ1) is 8.65. The standard InChI is InChI=1S/C10H11Cl3NO4S/c1-10(4-15,5-16)14-19(17,18)9-3-7(12)6(11)2-8(9)13/h2-3,15-16H,4-5H2,1H3/q-1. The molecule has 0 aromatic heterocycles. The van der Waals surface area contributed by atoms with E-state index in [2.05, 4.69) is 4.72 Å². The lowest BCUT2D eigenvalue weighted by molar-refractivity contribution is 0.156. The van der Waals surface area contributed by atoms with E-state index in [1.54, 1.807) is 0 Å². The lowest BCUT2D eigenvalue weighted by Gasteiger charge is -2.39. The second-order valence-corrected chi connectivity index (χ2v) is 6.87. The molecule has 0 spiro atoms. The Hall–Kier alpha value is -0.0800. The Morgan fingerprint density at radius 2 is 1.58 bits per heavy atom. The number of aliphatic hydroxyl groups is 2. The Kier molecular flexibility index (Phi) is 5.48. The number of sulfonamides is 1. The van der Waals surface area contributed by atoms with Crippen LogP contribution in [0, 0.1) is 0 Å². The minimum absolute atomic E-state index is 0.00883. The maximum absolute atomic E-state index is 12.1. The van der Waals surface area contributed by atoms with Crippen LogP contribution in [-0.2, 0) is 10.0 Å². The summed E-state index contributed by atoms with van der Waals surface area (Å²) in [4.78, 5) is -0.336. The lowest BCUT2D eigenvalue weighted by atomic mass is 10.1. The smallest absolute Gasteiger partial charge is 0.103 e. The molecule has 0 aliphatic rings. The van der Waals surface area contributed by atoms with E-state index in [1.807, 2.05) is 0 Å². The fraction of sp³-hybridized carbons (Fsp3) is 0.400. The van der Waals surface area contributed by atoms with Crippen molar-refractivity contribution in [2.24, 2.45) is 0 Å². The van der Waals surface area contributed by atoms with Crippen LogP contribution in [-0.4, -0.2) is 37.4 Å². The summed E-state index contributed by atoms with van der Waals surface area (Å²) in [5.41, 5.74) is -1.53. The van der Waals surface area contributed by atoms with Crippen molar-refractivity contribution in [2.45, 2.75) is 17.4 Å². The summed E-state index contributed by atoms with van der Waals surface area (Å²) in [5.74, 6) is 0. The van der Waals surface area contributed by atoms with Gasteiger partial charge < -0.3 is 14.9 Å². The Balaban J connectivity index is 3.25. The highest BCUT2D eigenvalue weighted by molar-refractivity contribution is 7.94. The quantitative estimate of drug-likeness (QED) is 0.801. The van der Waals surface area contributed by atoms with Crippen molar-refractivity contribution < 1.29 is 18.6 Å². The summed E-state index contributed by atoms with van der Waals surface area (Å²) in [6.07, 6.45) is 0. The molecule has 19 heavy (non-hydrogen) atoms. The molecule has 1 aromatic carbocycles. The van der Waals surface area contributed by atoms with Crippen molar-refractivity contribution in [2.75, 3.05) is 13.2 Å². The van der Waals surface area contributed by atoms with Crippen molar-refractivity contribution >= 4 is 44.8 Å². The van der Waals surface area contributed by atoms with E-state index >= 15 is 0 Å². The zero-order chi connectivity index (χ0) is 14.8. The fourth-order valence-electron chi connectivity index (χ4n) is 1.15. The summed E-state index contributed by atoms with van der Waals surface area (Å²) in [7, 11) is -4.18. The van der Waals surface area contributed by atoms with E-state index < -0.39 is 28.8 Å². The molecule has 108 valence electrons. The van der Waals surface area contributed by atoms with Crippen molar-refractivity contribution in [1.82, 2.24) is 0 Å². The normalized spacial score (nSPS) is 12.7. The molecular formula is C10H11Cl3NO4S-. The molecule has 5 nitrogen and oxygen atoms in total. The maximum Gasteiger partial charge on any atom is 0.103 e. The number of aliphatic hydroxyl groups excluding tert-OH is 2. The van der Waals surface area contributed by atoms with E-state index in [0.29, 0.717) is 0 Å². The highest BCUT2D eigenvalue weighted by Crippen LogP contribution is 2.35. The Labute approximate surface area is 126 Å². The molecule has 0 unspecified atom stereocenters. The van der Waals surface area contributed by atoms with E-state index in [0.717, 1.165) is 6.07 Å². The molecule has 9 heteroatoms. The molecule has 0 atom stereocenters. The molecule has 0 heterocycles. The Morgan fingerprint density at radius 3 is 2.05 bits per heavy atom. The van der Waals surface area contributed by atoms with Gasteiger partial charge in [0.05, 0.1) is 20.0 Å². The van der Waals surface area contributed by atoms with Gasteiger partial charge in [-0.3, -0.25) is 0 Å². The molecule has 2 N–H and O–H groups in total. The van der Waals surface area contributed by atoms with E-state index in [-0.39, 0.29) is 20.0 Å². The number of nitrogens with zero attached hydrogens (tertiary/aromatic N) is 1. The zero-order valence-electron chi connectivity index (χ0n) is 9.77. The van der Waals surface area contributed by atoms with Crippen LogP contribution < -0.4 is 0 Å². The van der Waals surface area contributed by atoms with Crippen LogP contribution in [0.2, 0.25) is 15.1 Å². The first-order valence-corrected chi connectivity index (χ1v) is 7.58. The average Bonchev–Trinajstić information content (AvgIpc) is 2.33. The Morgan fingerprint density at radius 1 is 1.11 bits per heavy atom. The van der Waals surface area contributed by atoms with Crippen LogP contribution in [0.25, 0.3) is 4.72 Å². The summed E-state index contributed by atoms with van der Waals surface area (Å²) in [6, 6.07) is 2.25. The van der Waals surface area contributed by atoms with Gasteiger partial charge in [0.25, 0.3) is 0 Å². The van der Waals surface area contributed by atoms with Crippen LogP contribution in [0.4, 0.5) is 0 Å². The molecule has 0 radical (unpaired) electrons. The molecule has 0 aliphatic carbocycles. The van der Waals surface area contributed by atoms with E-state index in [9.17, 15) is 8.42 Å². The van der Waals surface area contributed by atoms with Crippen molar-refractivity contribution in [3.05, 3.63) is 31.9 Å². The largest absolute Gasteiger partial charge is 0.536 e. The first-order valence-electron chi connectivity index (χ1n) is 5.00. The van der Waals surface area contributed by atoms with Crippen LogP contribution in [0.1, 0.15) is 6.92 Å². The minimum Gasteiger partial charge on any atom is -0.536 e. The number of rotatable bonds is 5. The second-order valence-electron chi connectivity index (χ2n) is 4.08. The van der Waals surface area contributed by atoms with Gasteiger partial charge in [-0.05, 0) is 12.1 Å². The van der Waals surface area contributed by atoms with Gasteiger partial charge in [-0.25, -0.2) is 8.42 Å². The summed E-state index contributed by atoms with van der Waals surface area (Å²) >= 11 is 17.2. The zero-order valence-corrected chi connectivity index (χ0v) is 12.9. The van der Waals surface area contributed by atoms with Crippen LogP contribution in [0.15, 0.2) is 17.0 Å². The van der Waals surface area contributed by atoms with Crippen molar-refractivity contribution in [1.29, 1.82) is 0 Å². The van der Waals surface area contributed by atoms with Crippen molar-refractivity contribution in [3.8, 4) is 0 Å². The molecule has 1 rings (SSSR count). The summed E-state index contributed by atoms with van der Waals surface area (Å²) in [5, 5.41) is 18.1. The van der Waals surface area contributed by atoms with Gasteiger partial charge >= 0.3 is 0 Å². The first kappa shape index (κ1) is 17.0. The van der Waals surface area contributed by atoms with Gasteiger partial charge in [-0.2, -0.15) is 0 Å². The molecule has 0 aliphatic heterocycles. The third kappa shape index (κ3) is 3.95. The molecule has 1 aromatic rings. The van der Waals surface area contributed by atoms with Gasteiger partial charge in [0.2, 0.25) is 0 Å². The molecule has 0 saturated heterocycles. The van der Waals surface area contributed by atoms with Crippen LogP contribution in [0.3, 0.4) is 0 Å². The van der Waals surface area contributed by atoms with Gasteiger partial charge in [0, 0.05) is 13.2 Å². The third-order valence-electron chi connectivity index (χ3n) is 2.27.